The topological polar surface area (TPSA) is 12.0 Å². The number of hydrogen-bond acceptors (Lipinski definition) is 1. The molecule has 0 aromatic heterocycles. The Balaban J connectivity index is 2.08. The molecule has 2 rings (SSSR count). The summed E-state index contributed by atoms with van der Waals surface area (Å²) in [5, 5.41) is 5.29. The van der Waals surface area contributed by atoms with E-state index in [0.29, 0.717) is 17.1 Å². The molecule has 112 valence electrons. The molecule has 1 nitrogen and oxygen atoms in total. The summed E-state index contributed by atoms with van der Waals surface area (Å²) in [5.74, 6) is 1.63. The van der Waals surface area contributed by atoms with Gasteiger partial charge in [-0.1, -0.05) is 50.0 Å². The van der Waals surface area contributed by atoms with Crippen molar-refractivity contribution in [2.75, 3.05) is 0 Å². The number of nitrogens with one attached hydrogen (secondary N) is 1. The SMILES string of the molecule is CCC(NC1CC(C)CC(C)C1)c1ccc(Cl)cc1Cl. The Morgan fingerprint density at radius 2 is 1.80 bits per heavy atom. The minimum absolute atomic E-state index is 0.322. The standard InChI is InChI=1S/C17H25Cl2N/c1-4-17(15-6-5-13(18)10-16(15)19)20-14-8-11(2)7-12(3)9-14/h5-6,10-12,14,17,20H,4,7-9H2,1-3H3. The van der Waals surface area contributed by atoms with Crippen molar-refractivity contribution in [3.63, 3.8) is 0 Å². The predicted octanol–water partition coefficient (Wildman–Crippen LogP) is 5.86. The Hall–Kier alpha value is -0.240. The lowest BCUT2D eigenvalue weighted by molar-refractivity contribution is 0.224. The van der Waals surface area contributed by atoms with Crippen LogP contribution in [0.4, 0.5) is 0 Å². The van der Waals surface area contributed by atoms with Crippen LogP contribution in [-0.4, -0.2) is 6.04 Å². The van der Waals surface area contributed by atoms with Gasteiger partial charge in [-0.3, -0.25) is 0 Å². The molecule has 0 bridgehead atoms. The molecule has 1 aromatic rings. The largest absolute Gasteiger partial charge is 0.307 e. The lowest BCUT2D eigenvalue weighted by atomic mass is 9.80. The number of rotatable bonds is 4. The molecule has 20 heavy (non-hydrogen) atoms. The van der Waals surface area contributed by atoms with Crippen LogP contribution in [0.3, 0.4) is 0 Å². The number of hydrogen-bond donors (Lipinski definition) is 1. The van der Waals surface area contributed by atoms with Gasteiger partial charge >= 0.3 is 0 Å². The normalized spacial score (nSPS) is 28.4. The molecule has 1 aliphatic carbocycles. The van der Waals surface area contributed by atoms with Crippen LogP contribution in [0.15, 0.2) is 18.2 Å². The predicted molar refractivity (Wildman–Crippen MR) is 88.6 cm³/mol. The van der Waals surface area contributed by atoms with Gasteiger partial charge < -0.3 is 5.32 Å². The van der Waals surface area contributed by atoms with Crippen molar-refractivity contribution in [1.82, 2.24) is 5.32 Å². The van der Waals surface area contributed by atoms with Gasteiger partial charge in [-0.2, -0.15) is 0 Å². The Kier molecular flexibility index (Phi) is 5.77. The van der Waals surface area contributed by atoms with Crippen molar-refractivity contribution in [3.05, 3.63) is 33.8 Å². The zero-order valence-electron chi connectivity index (χ0n) is 12.6. The van der Waals surface area contributed by atoms with E-state index in [4.69, 9.17) is 23.2 Å². The Labute approximate surface area is 133 Å². The lowest BCUT2D eigenvalue weighted by Crippen LogP contribution is -2.38. The molecule has 0 spiro atoms. The summed E-state index contributed by atoms with van der Waals surface area (Å²) >= 11 is 12.3. The molecule has 1 saturated carbocycles. The second-order valence-electron chi connectivity index (χ2n) is 6.41. The molecule has 1 N–H and O–H groups in total. The van der Waals surface area contributed by atoms with E-state index in [0.717, 1.165) is 23.3 Å². The van der Waals surface area contributed by atoms with Crippen molar-refractivity contribution >= 4 is 23.2 Å². The third kappa shape index (κ3) is 4.13. The van der Waals surface area contributed by atoms with Crippen molar-refractivity contribution < 1.29 is 0 Å². The maximum absolute atomic E-state index is 6.35. The molecule has 3 atom stereocenters. The maximum atomic E-state index is 6.35. The highest BCUT2D eigenvalue weighted by Gasteiger charge is 2.26. The minimum atomic E-state index is 0.322. The average Bonchev–Trinajstić information content (AvgIpc) is 2.35. The highest BCUT2D eigenvalue weighted by atomic mass is 35.5. The molecule has 1 aromatic carbocycles. The van der Waals surface area contributed by atoms with Gasteiger partial charge in [0.1, 0.15) is 0 Å². The van der Waals surface area contributed by atoms with E-state index in [9.17, 15) is 0 Å². The minimum Gasteiger partial charge on any atom is -0.307 e. The summed E-state index contributed by atoms with van der Waals surface area (Å²) in [5.41, 5.74) is 1.17. The van der Waals surface area contributed by atoms with Crippen LogP contribution in [0.5, 0.6) is 0 Å². The van der Waals surface area contributed by atoms with Crippen molar-refractivity contribution in [1.29, 1.82) is 0 Å². The first-order chi connectivity index (χ1) is 9.49. The first-order valence-corrected chi connectivity index (χ1v) is 8.46. The summed E-state index contributed by atoms with van der Waals surface area (Å²) in [6, 6.07) is 6.75. The monoisotopic (exact) mass is 313 g/mol. The van der Waals surface area contributed by atoms with Gasteiger partial charge in [0.25, 0.3) is 0 Å². The van der Waals surface area contributed by atoms with Gasteiger partial charge in [0, 0.05) is 22.1 Å². The third-order valence-corrected chi connectivity index (χ3v) is 4.92. The molecule has 1 aliphatic rings. The highest BCUT2D eigenvalue weighted by molar-refractivity contribution is 6.35. The van der Waals surface area contributed by atoms with Crippen molar-refractivity contribution in [2.24, 2.45) is 11.8 Å². The van der Waals surface area contributed by atoms with Crippen LogP contribution in [0.1, 0.15) is 58.1 Å². The molecule has 0 radical (unpaired) electrons. The van der Waals surface area contributed by atoms with Gasteiger partial charge in [0.15, 0.2) is 0 Å². The van der Waals surface area contributed by atoms with Gasteiger partial charge in [-0.15, -0.1) is 0 Å². The third-order valence-electron chi connectivity index (χ3n) is 4.36. The second-order valence-corrected chi connectivity index (χ2v) is 7.25. The van der Waals surface area contributed by atoms with Crippen molar-refractivity contribution in [3.8, 4) is 0 Å². The van der Waals surface area contributed by atoms with Crippen LogP contribution in [-0.2, 0) is 0 Å². The highest BCUT2D eigenvalue weighted by Crippen LogP contribution is 2.33. The van der Waals surface area contributed by atoms with E-state index in [2.05, 4.69) is 32.2 Å². The van der Waals surface area contributed by atoms with Crippen LogP contribution in [0, 0.1) is 11.8 Å². The molecule has 0 aliphatic heterocycles. The first kappa shape index (κ1) is 16.1. The van der Waals surface area contributed by atoms with Crippen molar-refractivity contribution in [2.45, 2.75) is 58.5 Å². The molecular formula is C17H25Cl2N. The molecule has 1 fully saturated rings. The summed E-state index contributed by atoms with van der Waals surface area (Å²) < 4.78 is 0. The molecule has 0 heterocycles. The molecule has 0 amide bonds. The van der Waals surface area contributed by atoms with Gasteiger partial charge in [-0.25, -0.2) is 0 Å². The van der Waals surface area contributed by atoms with Crippen LogP contribution < -0.4 is 5.32 Å². The maximum Gasteiger partial charge on any atom is 0.0468 e. The zero-order chi connectivity index (χ0) is 14.7. The molecule has 3 heteroatoms. The number of halogens is 2. The fraction of sp³-hybridized carbons (Fsp3) is 0.647. The lowest BCUT2D eigenvalue weighted by Gasteiger charge is -2.35. The van der Waals surface area contributed by atoms with E-state index >= 15 is 0 Å². The number of benzene rings is 1. The summed E-state index contributed by atoms with van der Waals surface area (Å²) in [6.45, 7) is 6.93. The summed E-state index contributed by atoms with van der Waals surface area (Å²) in [6.07, 6.45) is 4.94. The fourth-order valence-corrected chi connectivity index (χ4v) is 4.12. The summed E-state index contributed by atoms with van der Waals surface area (Å²) in [7, 11) is 0. The molecular weight excluding hydrogens is 289 g/mol. The fourth-order valence-electron chi connectivity index (χ4n) is 3.58. The van der Waals surface area contributed by atoms with Crippen LogP contribution in [0.25, 0.3) is 0 Å². The van der Waals surface area contributed by atoms with Gasteiger partial charge in [0.2, 0.25) is 0 Å². The van der Waals surface area contributed by atoms with E-state index in [1.165, 1.54) is 24.8 Å². The first-order valence-electron chi connectivity index (χ1n) is 7.70. The van der Waals surface area contributed by atoms with Crippen LogP contribution in [0.2, 0.25) is 10.0 Å². The molecule has 0 saturated heterocycles. The van der Waals surface area contributed by atoms with E-state index in [-0.39, 0.29) is 0 Å². The van der Waals surface area contributed by atoms with E-state index < -0.39 is 0 Å². The Morgan fingerprint density at radius 3 is 2.35 bits per heavy atom. The Morgan fingerprint density at radius 1 is 1.15 bits per heavy atom. The zero-order valence-corrected chi connectivity index (χ0v) is 14.1. The second kappa shape index (κ2) is 7.15. The van der Waals surface area contributed by atoms with E-state index in [1.54, 1.807) is 0 Å². The summed E-state index contributed by atoms with van der Waals surface area (Å²) in [4.78, 5) is 0. The Bertz CT molecular complexity index is 437. The molecule has 3 unspecified atom stereocenters. The smallest absolute Gasteiger partial charge is 0.0468 e. The van der Waals surface area contributed by atoms with E-state index in [1.807, 2.05) is 12.1 Å². The van der Waals surface area contributed by atoms with Gasteiger partial charge in [0.05, 0.1) is 0 Å². The average molecular weight is 314 g/mol. The van der Waals surface area contributed by atoms with Gasteiger partial charge in [-0.05, 0) is 55.2 Å². The van der Waals surface area contributed by atoms with Crippen LogP contribution >= 0.6 is 23.2 Å². The quantitative estimate of drug-likeness (QED) is 0.734.